The Labute approximate surface area is 170 Å². The standard InChI is InChI=1S/C20H27N5O2S/c1-4-24-19(23-9-11-27-12-10-23)21-22-20(24)28-15(3)18(26)25-14(2)13-16-7-5-6-8-17(16)25/h5-8,14-15H,4,9-13H2,1-3H3/t14-,15+/m0/s1. The highest BCUT2D eigenvalue weighted by molar-refractivity contribution is 8.00. The Balaban J connectivity index is 1.51. The number of fused-ring (bicyclic) bond motifs is 1. The maximum absolute atomic E-state index is 13.3. The molecule has 150 valence electrons. The third-order valence-corrected chi connectivity index (χ3v) is 6.45. The van der Waals surface area contributed by atoms with E-state index in [9.17, 15) is 4.79 Å². The number of aromatic nitrogens is 3. The van der Waals surface area contributed by atoms with Crippen molar-refractivity contribution in [3.63, 3.8) is 0 Å². The third-order valence-electron chi connectivity index (χ3n) is 5.38. The first-order valence-electron chi connectivity index (χ1n) is 9.93. The van der Waals surface area contributed by atoms with Crippen LogP contribution in [0.3, 0.4) is 0 Å². The minimum atomic E-state index is -0.236. The molecule has 1 aromatic carbocycles. The van der Waals surface area contributed by atoms with Crippen LogP contribution in [0.25, 0.3) is 0 Å². The summed E-state index contributed by atoms with van der Waals surface area (Å²) in [4.78, 5) is 17.4. The fraction of sp³-hybridized carbons (Fsp3) is 0.550. The molecule has 3 heterocycles. The van der Waals surface area contributed by atoms with Gasteiger partial charge in [-0.2, -0.15) is 0 Å². The van der Waals surface area contributed by atoms with Gasteiger partial charge in [0.15, 0.2) is 5.16 Å². The lowest BCUT2D eigenvalue weighted by Gasteiger charge is -2.28. The van der Waals surface area contributed by atoms with Gasteiger partial charge in [-0.25, -0.2) is 0 Å². The second-order valence-electron chi connectivity index (χ2n) is 7.28. The van der Waals surface area contributed by atoms with Gasteiger partial charge in [0.2, 0.25) is 11.9 Å². The van der Waals surface area contributed by atoms with Gasteiger partial charge in [-0.15, -0.1) is 10.2 Å². The Morgan fingerprint density at radius 1 is 1.29 bits per heavy atom. The molecule has 1 amide bonds. The molecule has 0 bridgehead atoms. The average molecular weight is 402 g/mol. The zero-order valence-corrected chi connectivity index (χ0v) is 17.5. The van der Waals surface area contributed by atoms with Crippen LogP contribution in [-0.4, -0.2) is 58.3 Å². The van der Waals surface area contributed by atoms with E-state index in [0.717, 1.165) is 42.8 Å². The number of hydrogen-bond acceptors (Lipinski definition) is 6. The molecular formula is C20H27N5O2S. The lowest BCUT2D eigenvalue weighted by atomic mass is 10.1. The summed E-state index contributed by atoms with van der Waals surface area (Å²) < 4.78 is 7.54. The van der Waals surface area contributed by atoms with Crippen molar-refractivity contribution < 1.29 is 9.53 Å². The number of ether oxygens (including phenoxy) is 1. The van der Waals surface area contributed by atoms with E-state index in [-0.39, 0.29) is 17.2 Å². The number of carbonyl (C=O) groups is 1. The predicted molar refractivity (Wildman–Crippen MR) is 111 cm³/mol. The summed E-state index contributed by atoms with van der Waals surface area (Å²) >= 11 is 1.49. The molecule has 4 rings (SSSR count). The Morgan fingerprint density at radius 3 is 2.79 bits per heavy atom. The van der Waals surface area contributed by atoms with Crippen LogP contribution in [0.4, 0.5) is 11.6 Å². The van der Waals surface area contributed by atoms with E-state index in [1.807, 2.05) is 30.0 Å². The minimum absolute atomic E-state index is 0.126. The van der Waals surface area contributed by atoms with Crippen molar-refractivity contribution in [2.45, 2.75) is 50.2 Å². The number of thioether (sulfide) groups is 1. The number of rotatable bonds is 5. The van der Waals surface area contributed by atoms with Gasteiger partial charge in [0, 0.05) is 31.4 Å². The number of hydrogen-bond donors (Lipinski definition) is 0. The van der Waals surface area contributed by atoms with Gasteiger partial charge in [-0.1, -0.05) is 30.0 Å². The van der Waals surface area contributed by atoms with Crippen molar-refractivity contribution >= 4 is 29.3 Å². The Bertz CT molecular complexity index is 849. The van der Waals surface area contributed by atoms with Crippen LogP contribution >= 0.6 is 11.8 Å². The first-order valence-corrected chi connectivity index (χ1v) is 10.8. The summed E-state index contributed by atoms with van der Waals surface area (Å²) in [6, 6.07) is 8.37. The molecular weight excluding hydrogens is 374 g/mol. The van der Waals surface area contributed by atoms with E-state index in [1.54, 1.807) is 0 Å². The highest BCUT2D eigenvalue weighted by atomic mass is 32.2. The maximum Gasteiger partial charge on any atom is 0.240 e. The second-order valence-corrected chi connectivity index (χ2v) is 8.58. The van der Waals surface area contributed by atoms with E-state index in [2.05, 4.69) is 39.6 Å². The second kappa shape index (κ2) is 8.13. The minimum Gasteiger partial charge on any atom is -0.378 e. The lowest BCUT2D eigenvalue weighted by molar-refractivity contribution is -0.118. The van der Waals surface area contributed by atoms with Gasteiger partial charge in [0.1, 0.15) is 0 Å². The van der Waals surface area contributed by atoms with Crippen molar-refractivity contribution in [1.29, 1.82) is 0 Å². The number of benzene rings is 1. The van der Waals surface area contributed by atoms with E-state index in [4.69, 9.17) is 4.74 Å². The molecule has 2 aromatic rings. The summed E-state index contributed by atoms with van der Waals surface area (Å²) in [5, 5.41) is 9.37. The first-order chi connectivity index (χ1) is 13.6. The molecule has 0 saturated carbocycles. The van der Waals surface area contributed by atoms with Gasteiger partial charge < -0.3 is 14.5 Å². The van der Waals surface area contributed by atoms with Crippen LogP contribution in [0.5, 0.6) is 0 Å². The van der Waals surface area contributed by atoms with Crippen molar-refractivity contribution in [2.24, 2.45) is 0 Å². The van der Waals surface area contributed by atoms with Crippen LogP contribution in [0.1, 0.15) is 26.3 Å². The number of nitrogens with zero attached hydrogens (tertiary/aromatic N) is 5. The summed E-state index contributed by atoms with van der Waals surface area (Å²) in [6.45, 7) is 9.98. The van der Waals surface area contributed by atoms with Crippen molar-refractivity contribution in [3.8, 4) is 0 Å². The summed E-state index contributed by atoms with van der Waals surface area (Å²) in [6.07, 6.45) is 0.908. The summed E-state index contributed by atoms with van der Waals surface area (Å²) in [5.41, 5.74) is 2.28. The Kier molecular flexibility index (Phi) is 5.59. The molecule has 0 aliphatic carbocycles. The van der Waals surface area contributed by atoms with Gasteiger partial charge in [0.05, 0.1) is 18.5 Å². The normalized spacial score (nSPS) is 20.3. The molecule has 2 aliphatic rings. The molecule has 1 saturated heterocycles. The van der Waals surface area contributed by atoms with E-state index < -0.39 is 0 Å². The van der Waals surface area contributed by atoms with Crippen molar-refractivity contribution in [3.05, 3.63) is 29.8 Å². The highest BCUT2D eigenvalue weighted by Crippen LogP contribution is 2.35. The number of carbonyl (C=O) groups excluding carboxylic acids is 1. The third kappa shape index (κ3) is 3.51. The quantitative estimate of drug-likeness (QED) is 0.718. The zero-order chi connectivity index (χ0) is 19.7. The number of morpholine rings is 1. The van der Waals surface area contributed by atoms with Crippen molar-refractivity contribution in [1.82, 2.24) is 14.8 Å². The SMILES string of the molecule is CCn1c(S[C@H](C)C(=O)N2c3ccccc3C[C@@H]2C)nnc1N1CCOCC1. The molecule has 0 N–H and O–H groups in total. The van der Waals surface area contributed by atoms with Crippen LogP contribution in [0.15, 0.2) is 29.4 Å². The molecule has 7 nitrogen and oxygen atoms in total. The zero-order valence-electron chi connectivity index (χ0n) is 16.7. The van der Waals surface area contributed by atoms with Crippen molar-refractivity contribution in [2.75, 3.05) is 36.1 Å². The van der Waals surface area contributed by atoms with Gasteiger partial charge in [-0.3, -0.25) is 9.36 Å². The molecule has 28 heavy (non-hydrogen) atoms. The highest BCUT2D eigenvalue weighted by Gasteiger charge is 2.34. The Hall–Kier alpha value is -2.06. The molecule has 8 heteroatoms. The van der Waals surface area contributed by atoms with E-state index >= 15 is 0 Å². The predicted octanol–water partition coefficient (Wildman–Crippen LogP) is 2.59. The van der Waals surface area contributed by atoms with E-state index in [1.165, 1.54) is 17.3 Å². The maximum atomic E-state index is 13.3. The monoisotopic (exact) mass is 401 g/mol. The molecule has 1 fully saturated rings. The molecule has 2 atom stereocenters. The van der Waals surface area contributed by atoms with Crippen LogP contribution in [0.2, 0.25) is 0 Å². The summed E-state index contributed by atoms with van der Waals surface area (Å²) in [7, 11) is 0. The average Bonchev–Trinajstić information content (AvgIpc) is 3.27. The smallest absolute Gasteiger partial charge is 0.240 e. The lowest BCUT2D eigenvalue weighted by Crippen LogP contribution is -2.40. The van der Waals surface area contributed by atoms with Gasteiger partial charge >= 0.3 is 0 Å². The van der Waals surface area contributed by atoms with Gasteiger partial charge in [-0.05, 0) is 38.8 Å². The topological polar surface area (TPSA) is 63.5 Å². The van der Waals surface area contributed by atoms with Crippen LogP contribution < -0.4 is 9.80 Å². The van der Waals surface area contributed by atoms with E-state index in [0.29, 0.717) is 13.2 Å². The molecule has 2 aliphatic heterocycles. The number of para-hydroxylation sites is 1. The fourth-order valence-electron chi connectivity index (χ4n) is 3.95. The molecule has 0 unspecified atom stereocenters. The largest absolute Gasteiger partial charge is 0.378 e. The molecule has 0 spiro atoms. The Morgan fingerprint density at radius 2 is 2.04 bits per heavy atom. The summed E-state index contributed by atoms with van der Waals surface area (Å²) in [5.74, 6) is 0.994. The molecule has 1 aromatic heterocycles. The van der Waals surface area contributed by atoms with Gasteiger partial charge in [0.25, 0.3) is 0 Å². The first kappa shape index (κ1) is 19.3. The number of amides is 1. The molecule has 0 radical (unpaired) electrons. The van der Waals surface area contributed by atoms with Crippen LogP contribution in [0, 0.1) is 0 Å². The van der Waals surface area contributed by atoms with Crippen LogP contribution in [-0.2, 0) is 22.5 Å². The number of anilines is 2. The fourth-order valence-corrected chi connectivity index (χ4v) is 4.90.